The summed E-state index contributed by atoms with van der Waals surface area (Å²) in [6.45, 7) is 4.17. The molecule has 0 aliphatic carbocycles. The number of aromatic nitrogens is 4. The minimum absolute atomic E-state index is 0.192. The summed E-state index contributed by atoms with van der Waals surface area (Å²) in [6, 6.07) is 2.06. The number of hydrogen-bond donors (Lipinski definition) is 1. The predicted octanol–water partition coefficient (Wildman–Crippen LogP) is 1.24. The molecule has 0 bridgehead atoms. The Kier molecular flexibility index (Phi) is 4.79. The quantitative estimate of drug-likeness (QED) is 0.834. The lowest BCUT2D eigenvalue weighted by Crippen LogP contribution is -2.27. The van der Waals surface area contributed by atoms with E-state index < -0.39 is 10.0 Å². The summed E-state index contributed by atoms with van der Waals surface area (Å²) in [5.74, 6) is 0. The summed E-state index contributed by atoms with van der Waals surface area (Å²) in [5.41, 5.74) is 0.626. The molecule has 8 heteroatoms. The standard InChI is InChI=1S/C13H21N5O2S/c1-4-12(18-9-5-7-14-18)6-8-16-21(19,20)13-10-15-17(3)11(13)2/h5,7,9-10,12,16H,4,6,8H2,1-3H3/t12-/m0/s1. The van der Waals surface area contributed by atoms with Gasteiger partial charge in [-0.15, -0.1) is 0 Å². The van der Waals surface area contributed by atoms with Crippen molar-refractivity contribution in [2.45, 2.75) is 37.6 Å². The highest BCUT2D eigenvalue weighted by atomic mass is 32.2. The molecule has 2 aromatic rings. The number of rotatable bonds is 7. The molecule has 2 aromatic heterocycles. The molecule has 0 saturated heterocycles. The summed E-state index contributed by atoms with van der Waals surface area (Å²) >= 11 is 0. The molecule has 0 aliphatic heterocycles. The highest BCUT2D eigenvalue weighted by molar-refractivity contribution is 7.89. The maximum atomic E-state index is 12.2. The summed E-state index contributed by atoms with van der Waals surface area (Å²) in [4.78, 5) is 0.233. The first-order chi connectivity index (χ1) is 9.95. The van der Waals surface area contributed by atoms with Gasteiger partial charge < -0.3 is 0 Å². The highest BCUT2D eigenvalue weighted by Crippen LogP contribution is 2.16. The zero-order chi connectivity index (χ0) is 15.5. The van der Waals surface area contributed by atoms with Crippen LogP contribution >= 0.6 is 0 Å². The van der Waals surface area contributed by atoms with E-state index in [1.54, 1.807) is 24.9 Å². The molecule has 2 heterocycles. The van der Waals surface area contributed by atoms with Gasteiger partial charge in [0.15, 0.2) is 0 Å². The third-order valence-corrected chi connectivity index (χ3v) is 5.18. The van der Waals surface area contributed by atoms with E-state index in [-0.39, 0.29) is 10.9 Å². The molecule has 0 saturated carbocycles. The van der Waals surface area contributed by atoms with E-state index in [9.17, 15) is 8.42 Å². The van der Waals surface area contributed by atoms with Crippen LogP contribution in [0.1, 0.15) is 31.5 Å². The van der Waals surface area contributed by atoms with Gasteiger partial charge in [0.05, 0.1) is 17.9 Å². The normalized spacial score (nSPS) is 13.5. The molecule has 2 rings (SSSR count). The van der Waals surface area contributed by atoms with Crippen molar-refractivity contribution in [2.75, 3.05) is 6.54 Å². The monoisotopic (exact) mass is 311 g/mol. The smallest absolute Gasteiger partial charge is 0.243 e. The Morgan fingerprint density at radius 3 is 2.67 bits per heavy atom. The first kappa shape index (κ1) is 15.7. The van der Waals surface area contributed by atoms with Crippen LogP contribution in [-0.2, 0) is 17.1 Å². The number of nitrogens with zero attached hydrogens (tertiary/aromatic N) is 4. The van der Waals surface area contributed by atoms with Gasteiger partial charge >= 0.3 is 0 Å². The van der Waals surface area contributed by atoms with Gasteiger partial charge in [-0.3, -0.25) is 9.36 Å². The van der Waals surface area contributed by atoms with E-state index in [1.165, 1.54) is 6.20 Å². The molecule has 0 fully saturated rings. The van der Waals surface area contributed by atoms with Crippen molar-refractivity contribution < 1.29 is 8.42 Å². The van der Waals surface area contributed by atoms with Crippen LogP contribution in [0.5, 0.6) is 0 Å². The van der Waals surface area contributed by atoms with Crippen molar-refractivity contribution in [3.63, 3.8) is 0 Å². The van der Waals surface area contributed by atoms with E-state index in [0.717, 1.165) is 6.42 Å². The van der Waals surface area contributed by atoms with Crippen LogP contribution in [0.2, 0.25) is 0 Å². The molecular formula is C13H21N5O2S. The third kappa shape index (κ3) is 3.51. The average Bonchev–Trinajstić information content (AvgIpc) is 3.07. The first-order valence-corrected chi connectivity index (χ1v) is 8.41. The number of hydrogen-bond acceptors (Lipinski definition) is 4. The Morgan fingerprint density at radius 2 is 2.14 bits per heavy atom. The second-order valence-corrected chi connectivity index (χ2v) is 6.69. The minimum Gasteiger partial charge on any atom is -0.272 e. The maximum absolute atomic E-state index is 12.2. The fourth-order valence-corrected chi connectivity index (χ4v) is 3.45. The van der Waals surface area contributed by atoms with Crippen molar-refractivity contribution in [3.8, 4) is 0 Å². The number of nitrogens with one attached hydrogen (secondary N) is 1. The predicted molar refractivity (Wildman–Crippen MR) is 79.3 cm³/mol. The van der Waals surface area contributed by atoms with Crippen LogP contribution in [0.4, 0.5) is 0 Å². The van der Waals surface area contributed by atoms with Crippen LogP contribution in [-0.4, -0.2) is 34.5 Å². The van der Waals surface area contributed by atoms with Crippen molar-refractivity contribution in [3.05, 3.63) is 30.4 Å². The Labute approximate surface area is 125 Å². The van der Waals surface area contributed by atoms with Gasteiger partial charge in [-0.05, 0) is 25.8 Å². The van der Waals surface area contributed by atoms with Gasteiger partial charge in [-0.25, -0.2) is 13.1 Å². The summed E-state index contributed by atoms with van der Waals surface area (Å²) < 4.78 is 30.5. The molecule has 7 nitrogen and oxygen atoms in total. The van der Waals surface area contributed by atoms with Crippen molar-refractivity contribution in [1.82, 2.24) is 24.3 Å². The van der Waals surface area contributed by atoms with Gasteiger partial charge in [-0.1, -0.05) is 6.92 Å². The van der Waals surface area contributed by atoms with Crippen LogP contribution in [0.15, 0.2) is 29.6 Å². The SMILES string of the molecule is CC[C@@H](CCNS(=O)(=O)c1cnn(C)c1C)n1cccn1. The topological polar surface area (TPSA) is 81.8 Å². The van der Waals surface area contributed by atoms with Crippen molar-refractivity contribution in [1.29, 1.82) is 0 Å². The van der Waals surface area contributed by atoms with E-state index >= 15 is 0 Å². The molecule has 1 N–H and O–H groups in total. The van der Waals surface area contributed by atoms with E-state index in [1.807, 2.05) is 16.9 Å². The molecule has 21 heavy (non-hydrogen) atoms. The lowest BCUT2D eigenvalue weighted by molar-refractivity contribution is 0.412. The third-order valence-electron chi connectivity index (χ3n) is 3.62. The summed E-state index contributed by atoms with van der Waals surface area (Å²) in [5, 5.41) is 8.17. The van der Waals surface area contributed by atoms with Gasteiger partial charge in [0, 0.05) is 26.0 Å². The van der Waals surface area contributed by atoms with Crippen molar-refractivity contribution >= 4 is 10.0 Å². The lowest BCUT2D eigenvalue weighted by atomic mass is 10.1. The molecule has 0 unspecified atom stereocenters. The van der Waals surface area contributed by atoms with E-state index in [2.05, 4.69) is 21.8 Å². The van der Waals surface area contributed by atoms with Gasteiger partial charge in [0.2, 0.25) is 10.0 Å². The molecule has 1 atom stereocenters. The molecule has 116 valence electrons. The second-order valence-electron chi connectivity index (χ2n) is 4.95. The molecule has 0 aliphatic rings. The number of sulfonamides is 1. The Bertz CT molecular complexity index is 675. The van der Waals surface area contributed by atoms with Crippen molar-refractivity contribution in [2.24, 2.45) is 7.05 Å². The lowest BCUT2D eigenvalue weighted by Gasteiger charge is -2.15. The van der Waals surface area contributed by atoms with Crippen LogP contribution in [0.3, 0.4) is 0 Å². The Balaban J connectivity index is 1.98. The minimum atomic E-state index is -3.51. The molecule has 0 aromatic carbocycles. The summed E-state index contributed by atoms with van der Waals surface area (Å²) in [7, 11) is -1.78. The van der Waals surface area contributed by atoms with Crippen LogP contribution in [0, 0.1) is 6.92 Å². The molecule has 0 spiro atoms. The van der Waals surface area contributed by atoms with Gasteiger partial charge in [-0.2, -0.15) is 10.2 Å². The van der Waals surface area contributed by atoms with Gasteiger partial charge in [0.25, 0.3) is 0 Å². The average molecular weight is 311 g/mol. The zero-order valence-corrected chi connectivity index (χ0v) is 13.3. The summed E-state index contributed by atoms with van der Waals surface area (Å²) in [6.07, 6.45) is 6.59. The molecule has 0 radical (unpaired) electrons. The van der Waals surface area contributed by atoms with E-state index in [0.29, 0.717) is 18.7 Å². The largest absolute Gasteiger partial charge is 0.272 e. The van der Waals surface area contributed by atoms with Crippen LogP contribution < -0.4 is 4.72 Å². The fourth-order valence-electron chi connectivity index (χ4n) is 2.20. The Hall–Kier alpha value is -1.67. The maximum Gasteiger partial charge on any atom is 0.243 e. The zero-order valence-electron chi connectivity index (χ0n) is 12.5. The number of aryl methyl sites for hydroxylation is 1. The fraction of sp³-hybridized carbons (Fsp3) is 0.538. The van der Waals surface area contributed by atoms with E-state index in [4.69, 9.17) is 0 Å². The molecule has 0 amide bonds. The van der Waals surface area contributed by atoms with Gasteiger partial charge in [0.1, 0.15) is 4.90 Å². The first-order valence-electron chi connectivity index (χ1n) is 6.93. The Morgan fingerprint density at radius 1 is 1.38 bits per heavy atom. The highest BCUT2D eigenvalue weighted by Gasteiger charge is 2.20. The second kappa shape index (κ2) is 6.40. The van der Waals surface area contributed by atoms with Crippen LogP contribution in [0.25, 0.3) is 0 Å². The molecular weight excluding hydrogens is 290 g/mol.